The number of hydrogen-bond donors (Lipinski definition) is 0. The molecule has 0 amide bonds. The molecule has 5 nitrogen and oxygen atoms in total. The SMILES string of the molecule is CC1CCC(N2C=CN(c3cccc(C4(c5ccccc5)c5cc(N6CN(C7CCC(C)CC7)c7ccccc76)ccc5-n5c6ccccc6c6cccc4c65)c3)C2)CC1. The van der Waals surface area contributed by atoms with Crippen LogP contribution in [-0.2, 0) is 5.41 Å². The normalized spacial score (nSPS) is 24.7. The van der Waals surface area contributed by atoms with Gasteiger partial charge in [-0.2, -0.15) is 0 Å². The van der Waals surface area contributed by atoms with Crippen LogP contribution in [0.25, 0.3) is 27.5 Å². The smallest absolute Gasteiger partial charge is 0.0955 e. The summed E-state index contributed by atoms with van der Waals surface area (Å²) in [6.07, 6.45) is 15.0. The van der Waals surface area contributed by atoms with Crippen molar-refractivity contribution >= 4 is 44.6 Å². The van der Waals surface area contributed by atoms with E-state index in [-0.39, 0.29) is 0 Å². The molecule has 4 heterocycles. The van der Waals surface area contributed by atoms with Gasteiger partial charge in [0.1, 0.15) is 0 Å². The lowest BCUT2D eigenvalue weighted by Crippen LogP contribution is -2.39. The molecule has 5 heteroatoms. The Labute approximate surface area is 355 Å². The minimum Gasteiger partial charge on any atom is -0.355 e. The molecule has 0 spiro atoms. The largest absolute Gasteiger partial charge is 0.355 e. The van der Waals surface area contributed by atoms with Crippen LogP contribution in [0.4, 0.5) is 22.7 Å². The van der Waals surface area contributed by atoms with E-state index < -0.39 is 5.41 Å². The van der Waals surface area contributed by atoms with Crippen molar-refractivity contribution in [2.45, 2.75) is 82.7 Å². The van der Waals surface area contributed by atoms with E-state index >= 15 is 0 Å². The van der Waals surface area contributed by atoms with E-state index in [0.29, 0.717) is 12.1 Å². The van der Waals surface area contributed by atoms with Gasteiger partial charge in [-0.05, 0) is 134 Å². The molecule has 0 radical (unpaired) electrons. The highest BCUT2D eigenvalue weighted by Crippen LogP contribution is 2.56. The van der Waals surface area contributed by atoms with Gasteiger partial charge in [0.2, 0.25) is 0 Å². The highest BCUT2D eigenvalue weighted by Gasteiger charge is 2.46. The second-order valence-electron chi connectivity index (χ2n) is 18.7. The van der Waals surface area contributed by atoms with Gasteiger partial charge in [0.25, 0.3) is 0 Å². The van der Waals surface area contributed by atoms with Gasteiger partial charge in [-0.3, -0.25) is 0 Å². The summed E-state index contributed by atoms with van der Waals surface area (Å²) in [6, 6.07) is 54.7. The van der Waals surface area contributed by atoms with Crippen LogP contribution in [0.3, 0.4) is 0 Å². The van der Waals surface area contributed by atoms with Crippen LogP contribution in [0, 0.1) is 11.8 Å². The molecule has 0 bridgehead atoms. The van der Waals surface area contributed by atoms with Crippen LogP contribution in [-0.4, -0.2) is 34.9 Å². The van der Waals surface area contributed by atoms with Crippen LogP contribution >= 0.6 is 0 Å². The summed E-state index contributed by atoms with van der Waals surface area (Å²) in [5.74, 6) is 1.66. The molecular formula is C55H55N5. The predicted octanol–water partition coefficient (Wildman–Crippen LogP) is 13.1. The Morgan fingerprint density at radius 2 is 1.17 bits per heavy atom. The molecule has 1 atom stereocenters. The first kappa shape index (κ1) is 36.0. The molecule has 7 aromatic rings. The molecule has 1 unspecified atom stereocenters. The minimum atomic E-state index is -0.590. The van der Waals surface area contributed by atoms with E-state index in [1.807, 2.05) is 0 Å². The summed E-state index contributed by atoms with van der Waals surface area (Å²) in [7, 11) is 0. The van der Waals surface area contributed by atoms with E-state index in [9.17, 15) is 0 Å². The first-order valence-corrected chi connectivity index (χ1v) is 22.7. The molecule has 300 valence electrons. The van der Waals surface area contributed by atoms with E-state index in [2.05, 4.69) is 190 Å². The summed E-state index contributed by atoms with van der Waals surface area (Å²) in [4.78, 5) is 10.4. The van der Waals surface area contributed by atoms with E-state index in [1.165, 1.54) is 124 Å². The summed E-state index contributed by atoms with van der Waals surface area (Å²) in [6.45, 7) is 6.61. The van der Waals surface area contributed by atoms with Crippen molar-refractivity contribution in [3.63, 3.8) is 0 Å². The number of para-hydroxylation sites is 4. The van der Waals surface area contributed by atoms with Gasteiger partial charge in [-0.1, -0.05) is 105 Å². The molecule has 3 aliphatic heterocycles. The zero-order chi connectivity index (χ0) is 40.0. The second kappa shape index (κ2) is 14.1. The average molecular weight is 786 g/mol. The van der Waals surface area contributed by atoms with E-state index in [0.717, 1.165) is 25.2 Å². The molecule has 2 saturated carbocycles. The van der Waals surface area contributed by atoms with Gasteiger partial charge >= 0.3 is 0 Å². The van der Waals surface area contributed by atoms with Gasteiger partial charge in [0, 0.05) is 46.6 Å². The van der Waals surface area contributed by atoms with Gasteiger partial charge in [0.15, 0.2) is 0 Å². The zero-order valence-electron chi connectivity index (χ0n) is 35.1. The van der Waals surface area contributed by atoms with Crippen LogP contribution in [0.15, 0.2) is 152 Å². The lowest BCUT2D eigenvalue weighted by molar-refractivity contribution is 0.203. The number of anilines is 4. The standard InChI is InChI=1S/C55H55N5/c1-38-22-26-42(27-23-38)56-32-33-57(36-56)44-15-10-14-41(34-44)55(40-12-4-3-5-13-40)48-18-11-17-47-46-16-6-7-19-50(46)60(54(47)48)51-31-30-45(35-49(51)55)59-37-58(43-28-24-39(2)25-29-43)52-20-8-9-21-53(52)59/h3-21,30-35,38-39,42-43H,22-29,36-37H2,1-2H3. The van der Waals surface area contributed by atoms with Crippen molar-refractivity contribution in [2.24, 2.45) is 11.8 Å². The summed E-state index contributed by atoms with van der Waals surface area (Å²) >= 11 is 0. The van der Waals surface area contributed by atoms with Gasteiger partial charge < -0.3 is 24.2 Å². The van der Waals surface area contributed by atoms with Gasteiger partial charge in [-0.25, -0.2) is 0 Å². The summed E-state index contributed by atoms with van der Waals surface area (Å²) < 4.78 is 2.57. The Balaban J connectivity index is 1.06. The second-order valence-corrected chi connectivity index (χ2v) is 18.7. The molecule has 2 aliphatic carbocycles. The Hall–Kier alpha value is -5.94. The van der Waals surface area contributed by atoms with Crippen molar-refractivity contribution in [3.05, 3.63) is 174 Å². The molecular weight excluding hydrogens is 731 g/mol. The third-order valence-electron chi connectivity index (χ3n) is 15.3. The lowest BCUT2D eigenvalue weighted by atomic mass is 9.63. The monoisotopic (exact) mass is 785 g/mol. The Bertz CT molecular complexity index is 2770. The highest BCUT2D eigenvalue weighted by molar-refractivity contribution is 6.12. The lowest BCUT2D eigenvalue weighted by Gasteiger charge is -2.42. The van der Waals surface area contributed by atoms with Crippen LogP contribution in [0.5, 0.6) is 0 Å². The van der Waals surface area contributed by atoms with Crippen LogP contribution in [0.1, 0.15) is 87.5 Å². The predicted molar refractivity (Wildman–Crippen MR) is 250 cm³/mol. The van der Waals surface area contributed by atoms with E-state index in [1.54, 1.807) is 0 Å². The number of rotatable bonds is 6. The number of fused-ring (bicyclic) bond motifs is 6. The van der Waals surface area contributed by atoms with Gasteiger partial charge in [0.05, 0.1) is 46.8 Å². The van der Waals surface area contributed by atoms with Gasteiger partial charge in [-0.15, -0.1) is 0 Å². The maximum Gasteiger partial charge on any atom is 0.0955 e. The molecule has 1 aromatic heterocycles. The molecule has 2 fully saturated rings. The number of nitrogens with zero attached hydrogens (tertiary/aromatic N) is 5. The number of hydrogen-bond acceptors (Lipinski definition) is 4. The topological polar surface area (TPSA) is 17.9 Å². The quantitative estimate of drug-likeness (QED) is 0.167. The fourth-order valence-electron chi connectivity index (χ4n) is 12.0. The van der Waals surface area contributed by atoms with Crippen molar-refractivity contribution in [1.29, 1.82) is 0 Å². The average Bonchev–Trinajstić information content (AvgIpc) is 4.04. The molecule has 60 heavy (non-hydrogen) atoms. The van der Waals surface area contributed by atoms with E-state index in [4.69, 9.17) is 0 Å². The molecule has 5 aliphatic rings. The molecule has 0 N–H and O–H groups in total. The first-order chi connectivity index (χ1) is 29.6. The summed E-state index contributed by atoms with van der Waals surface area (Å²) in [5, 5.41) is 2.60. The highest BCUT2D eigenvalue weighted by atomic mass is 15.4. The van der Waals surface area contributed by atoms with Crippen LogP contribution in [0.2, 0.25) is 0 Å². The number of aromatic nitrogens is 1. The van der Waals surface area contributed by atoms with Crippen molar-refractivity contribution in [3.8, 4) is 5.69 Å². The Morgan fingerprint density at radius 3 is 1.98 bits per heavy atom. The Kier molecular flexibility index (Phi) is 8.44. The zero-order valence-corrected chi connectivity index (χ0v) is 35.1. The van der Waals surface area contributed by atoms with Crippen LogP contribution < -0.4 is 14.7 Å². The third-order valence-corrected chi connectivity index (χ3v) is 15.3. The molecule has 6 aromatic carbocycles. The minimum absolute atomic E-state index is 0.569. The third kappa shape index (κ3) is 5.43. The molecule has 12 rings (SSSR count). The summed E-state index contributed by atoms with van der Waals surface area (Å²) in [5.41, 5.74) is 13.6. The van der Waals surface area contributed by atoms with Crippen molar-refractivity contribution < 1.29 is 0 Å². The van der Waals surface area contributed by atoms with Crippen molar-refractivity contribution in [2.75, 3.05) is 28.0 Å². The molecule has 0 saturated heterocycles. The number of benzene rings is 6. The fourth-order valence-corrected chi connectivity index (χ4v) is 12.0. The maximum absolute atomic E-state index is 2.72. The van der Waals surface area contributed by atoms with Crippen molar-refractivity contribution in [1.82, 2.24) is 9.47 Å². The first-order valence-electron chi connectivity index (χ1n) is 22.7. The fraction of sp³-hybridized carbons (Fsp3) is 0.309. The maximum atomic E-state index is 2.72. The Morgan fingerprint density at radius 1 is 0.483 bits per heavy atom.